The maximum absolute atomic E-state index is 12.0. The van der Waals surface area contributed by atoms with Crippen LogP contribution in [0.1, 0.15) is 33.1 Å². The molecule has 0 aromatic rings. The van der Waals surface area contributed by atoms with Gasteiger partial charge in [0.2, 0.25) is 5.91 Å². The van der Waals surface area contributed by atoms with Gasteiger partial charge in [-0.3, -0.25) is 9.59 Å². The summed E-state index contributed by atoms with van der Waals surface area (Å²) >= 11 is 0. The van der Waals surface area contributed by atoms with Crippen LogP contribution < -0.4 is 10.6 Å². The Morgan fingerprint density at radius 3 is 2.46 bits per heavy atom. The summed E-state index contributed by atoms with van der Waals surface area (Å²) in [7, 11) is 0. The van der Waals surface area contributed by atoms with Crippen LogP contribution in [-0.4, -0.2) is 69.2 Å². The van der Waals surface area contributed by atoms with E-state index in [0.29, 0.717) is 13.0 Å². The molecule has 1 fully saturated rings. The van der Waals surface area contributed by atoms with Crippen LogP contribution in [0.5, 0.6) is 0 Å². The highest BCUT2D eigenvalue weighted by Crippen LogP contribution is 2.10. The maximum Gasteiger partial charge on any atom is 0.252 e. The first-order valence-electron chi connectivity index (χ1n) is 8.22. The molecule has 8 heteroatoms. The smallest absolute Gasteiger partial charge is 0.252 e. The van der Waals surface area contributed by atoms with Gasteiger partial charge in [0.15, 0.2) is 6.10 Å². The molecule has 0 spiro atoms. The quantitative estimate of drug-likeness (QED) is 0.308. The largest absolute Gasteiger partial charge is 0.387 e. The van der Waals surface area contributed by atoms with Gasteiger partial charge < -0.3 is 31.1 Å². The van der Waals surface area contributed by atoms with E-state index in [1.807, 2.05) is 13.8 Å². The van der Waals surface area contributed by atoms with Crippen molar-refractivity contribution in [2.45, 2.75) is 63.6 Å². The number of nitrogens with one attached hydrogen (secondary N) is 2. The zero-order chi connectivity index (χ0) is 18.3. The Hall–Kier alpha value is -1.48. The van der Waals surface area contributed by atoms with E-state index in [9.17, 15) is 30.0 Å². The third-order valence-electron chi connectivity index (χ3n) is 3.84. The molecule has 0 aromatic carbocycles. The van der Waals surface area contributed by atoms with Gasteiger partial charge in [-0.2, -0.15) is 0 Å². The van der Waals surface area contributed by atoms with Crippen LogP contribution in [0.25, 0.3) is 0 Å². The van der Waals surface area contributed by atoms with Crippen molar-refractivity contribution < 1.29 is 30.0 Å². The van der Waals surface area contributed by atoms with E-state index in [1.54, 1.807) is 6.08 Å². The van der Waals surface area contributed by atoms with Crippen molar-refractivity contribution in [1.29, 1.82) is 0 Å². The Morgan fingerprint density at radius 2 is 1.83 bits per heavy atom. The van der Waals surface area contributed by atoms with E-state index in [1.165, 1.54) is 6.08 Å². The van der Waals surface area contributed by atoms with Gasteiger partial charge in [0.1, 0.15) is 24.4 Å². The molecule has 1 heterocycles. The molecule has 0 bridgehead atoms. The number of amides is 2. The number of hydrogen-bond acceptors (Lipinski definition) is 6. The summed E-state index contributed by atoms with van der Waals surface area (Å²) in [6, 6.07) is -0.787. The molecular weight excluding hydrogens is 316 g/mol. The van der Waals surface area contributed by atoms with Gasteiger partial charge >= 0.3 is 0 Å². The number of aliphatic hydroxyl groups is 4. The summed E-state index contributed by atoms with van der Waals surface area (Å²) in [4.78, 5) is 23.8. The summed E-state index contributed by atoms with van der Waals surface area (Å²) in [5.41, 5.74) is 0. The van der Waals surface area contributed by atoms with E-state index >= 15 is 0 Å². The van der Waals surface area contributed by atoms with Crippen LogP contribution in [0, 0.1) is 5.92 Å². The average molecular weight is 344 g/mol. The molecule has 0 radical (unpaired) electrons. The van der Waals surface area contributed by atoms with Crippen LogP contribution in [0.3, 0.4) is 0 Å². The number of hydrogen-bond donors (Lipinski definition) is 6. The van der Waals surface area contributed by atoms with Crippen molar-refractivity contribution in [3.8, 4) is 0 Å². The molecule has 138 valence electrons. The summed E-state index contributed by atoms with van der Waals surface area (Å²) < 4.78 is 0. The van der Waals surface area contributed by atoms with Gasteiger partial charge in [-0.25, -0.2) is 0 Å². The maximum atomic E-state index is 12.0. The predicted octanol–water partition coefficient (Wildman–Crippen LogP) is -1.57. The standard InChI is InChI=1S/C16H28N2O6/c1-9(2)6-7-11(19)12(20)13(21)14(22)16(24)18-10-5-3-4-8-17-15(10)23/h6-7,9-14,19-22H,3-5,8H2,1-2H3,(H,17,23)(H,18,24)/b7-6+/t10-,11+,12-,13+,14-/m0/s1. The molecular formula is C16H28N2O6. The molecule has 0 aromatic heterocycles. The second-order valence-corrected chi connectivity index (χ2v) is 6.39. The molecule has 24 heavy (non-hydrogen) atoms. The van der Waals surface area contributed by atoms with Gasteiger partial charge in [0.25, 0.3) is 5.91 Å². The summed E-state index contributed by atoms with van der Waals surface area (Å²) in [5, 5.41) is 44.4. The molecule has 1 aliphatic rings. The Labute approximate surface area is 141 Å². The highest BCUT2D eigenvalue weighted by molar-refractivity contribution is 5.89. The fraction of sp³-hybridized carbons (Fsp3) is 0.750. The summed E-state index contributed by atoms with van der Waals surface area (Å²) in [5.74, 6) is -1.18. The van der Waals surface area contributed by atoms with E-state index < -0.39 is 36.4 Å². The van der Waals surface area contributed by atoms with Crippen LogP contribution >= 0.6 is 0 Å². The van der Waals surface area contributed by atoms with Crippen molar-refractivity contribution in [3.05, 3.63) is 12.2 Å². The topological polar surface area (TPSA) is 139 Å². The monoisotopic (exact) mass is 344 g/mol. The number of aliphatic hydroxyl groups excluding tert-OH is 4. The summed E-state index contributed by atoms with van der Waals surface area (Å²) in [6.07, 6.45) is -2.10. The third kappa shape index (κ3) is 6.20. The van der Waals surface area contributed by atoms with E-state index in [2.05, 4.69) is 10.6 Å². The predicted molar refractivity (Wildman–Crippen MR) is 86.8 cm³/mol. The van der Waals surface area contributed by atoms with E-state index in [-0.39, 0.29) is 11.8 Å². The second kappa shape index (κ2) is 9.73. The Kier molecular flexibility index (Phi) is 8.34. The Morgan fingerprint density at radius 1 is 1.17 bits per heavy atom. The van der Waals surface area contributed by atoms with Gasteiger partial charge in [-0.15, -0.1) is 0 Å². The molecule has 1 rings (SSSR count). The number of carbonyl (C=O) groups is 2. The second-order valence-electron chi connectivity index (χ2n) is 6.39. The Balaban J connectivity index is 2.61. The minimum absolute atomic E-state index is 0.131. The average Bonchev–Trinajstić information content (AvgIpc) is 2.75. The van der Waals surface area contributed by atoms with Crippen LogP contribution in [-0.2, 0) is 9.59 Å². The van der Waals surface area contributed by atoms with Crippen LogP contribution in [0.15, 0.2) is 12.2 Å². The lowest BCUT2D eigenvalue weighted by Gasteiger charge is -2.26. The van der Waals surface area contributed by atoms with Crippen LogP contribution in [0.4, 0.5) is 0 Å². The highest BCUT2D eigenvalue weighted by Gasteiger charge is 2.35. The minimum Gasteiger partial charge on any atom is -0.387 e. The normalized spacial score (nSPS) is 24.1. The van der Waals surface area contributed by atoms with Crippen molar-refractivity contribution in [2.24, 2.45) is 5.92 Å². The zero-order valence-corrected chi connectivity index (χ0v) is 14.1. The molecule has 8 nitrogen and oxygen atoms in total. The molecule has 0 aliphatic carbocycles. The van der Waals surface area contributed by atoms with Crippen LogP contribution in [0.2, 0.25) is 0 Å². The van der Waals surface area contributed by atoms with Gasteiger partial charge in [-0.1, -0.05) is 26.0 Å². The first kappa shape index (κ1) is 20.6. The van der Waals surface area contributed by atoms with Crippen molar-refractivity contribution >= 4 is 11.8 Å². The van der Waals surface area contributed by atoms with Crippen molar-refractivity contribution in [1.82, 2.24) is 10.6 Å². The molecule has 0 unspecified atom stereocenters. The molecule has 5 atom stereocenters. The van der Waals surface area contributed by atoms with Crippen molar-refractivity contribution in [3.63, 3.8) is 0 Å². The summed E-state index contributed by atoms with van der Waals surface area (Å²) in [6.45, 7) is 4.27. The SMILES string of the molecule is CC(C)/C=C/[C@@H](O)[C@H](O)[C@@H](O)[C@H](O)C(=O)N[C@H]1CCCCNC1=O. The minimum atomic E-state index is -1.96. The van der Waals surface area contributed by atoms with E-state index in [4.69, 9.17) is 0 Å². The fourth-order valence-electron chi connectivity index (χ4n) is 2.33. The lowest BCUT2D eigenvalue weighted by molar-refractivity contribution is -0.146. The molecule has 1 aliphatic heterocycles. The fourth-order valence-corrected chi connectivity index (χ4v) is 2.33. The molecule has 2 amide bonds. The molecule has 1 saturated heterocycles. The Bertz CT molecular complexity index is 454. The lowest BCUT2D eigenvalue weighted by atomic mass is 10.0. The third-order valence-corrected chi connectivity index (χ3v) is 3.84. The molecule has 6 N–H and O–H groups in total. The lowest BCUT2D eigenvalue weighted by Crippen LogP contribution is -2.54. The van der Waals surface area contributed by atoms with Gasteiger partial charge in [0, 0.05) is 6.54 Å². The zero-order valence-electron chi connectivity index (χ0n) is 14.1. The number of rotatable bonds is 7. The number of carbonyl (C=O) groups excluding carboxylic acids is 2. The van der Waals surface area contributed by atoms with E-state index in [0.717, 1.165) is 12.8 Å². The first-order chi connectivity index (χ1) is 11.2. The van der Waals surface area contributed by atoms with Gasteiger partial charge in [-0.05, 0) is 25.2 Å². The van der Waals surface area contributed by atoms with Gasteiger partial charge in [0.05, 0.1) is 0 Å². The molecule has 0 saturated carbocycles. The number of allylic oxidation sites excluding steroid dienone is 1. The first-order valence-corrected chi connectivity index (χ1v) is 8.22. The highest BCUT2D eigenvalue weighted by atomic mass is 16.4. The van der Waals surface area contributed by atoms with Crippen molar-refractivity contribution in [2.75, 3.05) is 6.54 Å².